The summed E-state index contributed by atoms with van der Waals surface area (Å²) in [5.41, 5.74) is -1.86. The van der Waals surface area contributed by atoms with E-state index in [1.807, 2.05) is 4.98 Å². The van der Waals surface area contributed by atoms with Gasteiger partial charge in [0.1, 0.15) is 25.0 Å². The number of nitrogens with one attached hydrogen (secondary N) is 1. The molecule has 0 saturated carbocycles. The van der Waals surface area contributed by atoms with E-state index in [1.165, 1.54) is 0 Å². The largest absolute Gasteiger partial charge is 0.697 e. The van der Waals surface area contributed by atoms with E-state index in [2.05, 4.69) is 0 Å². The Morgan fingerprint density at radius 1 is 1.42 bits per heavy atom. The minimum Gasteiger partial charge on any atom is -0.349 e. The Labute approximate surface area is 106 Å². The summed E-state index contributed by atoms with van der Waals surface area (Å²) < 4.78 is 40.5. The number of hydrogen-bond donors (Lipinski definition) is 1. The van der Waals surface area contributed by atoms with Gasteiger partial charge in [-0.3, -0.25) is 14.3 Å². The van der Waals surface area contributed by atoms with Crippen LogP contribution in [0.25, 0.3) is 0 Å². The number of rotatable bonds is 1. The maximum absolute atomic E-state index is 13.2. The van der Waals surface area contributed by atoms with Crippen LogP contribution in [-0.4, -0.2) is 28.4 Å². The molecule has 0 spiro atoms. The molecule has 10 heteroatoms. The first-order valence-electron chi connectivity index (χ1n) is 5.48. The molecule has 3 heterocycles. The van der Waals surface area contributed by atoms with Gasteiger partial charge in [0.2, 0.25) is 5.82 Å². The van der Waals surface area contributed by atoms with Gasteiger partial charge in [-0.25, -0.2) is 4.79 Å². The van der Waals surface area contributed by atoms with Gasteiger partial charge in [0, 0.05) is 11.0 Å². The molecule has 2 aliphatic rings. The van der Waals surface area contributed by atoms with Crippen molar-refractivity contribution in [3.63, 3.8) is 0 Å². The van der Waals surface area contributed by atoms with Gasteiger partial charge in [-0.05, 0) is 0 Å². The highest BCUT2D eigenvalue weighted by atomic mass is 31.1. The molecule has 1 aromatic heterocycles. The van der Waals surface area contributed by atoms with Crippen LogP contribution in [0.5, 0.6) is 0 Å². The van der Waals surface area contributed by atoms with Crippen molar-refractivity contribution in [3.05, 3.63) is 32.9 Å². The summed E-state index contributed by atoms with van der Waals surface area (Å²) in [6.07, 6.45) is -0.743. The zero-order valence-corrected chi connectivity index (χ0v) is 10.3. The topological polar surface area (TPSA) is 99.6 Å². The van der Waals surface area contributed by atoms with Crippen LogP contribution < -0.4 is 11.2 Å². The highest BCUT2D eigenvalue weighted by Crippen LogP contribution is 2.41. The Bertz CT molecular complexity index is 642. The Morgan fingerprint density at radius 3 is 3.00 bits per heavy atom. The standard InChI is InChI=1S/C9H8FN2O6P/c10-4-2-12(9(14)11-8(4)13)7-1-5-6(17-7)3-16-19(15)18-5/h2,5-7H,1,3H2/p+1/t5-,6+,7+/m0/s1. The van der Waals surface area contributed by atoms with Crippen molar-refractivity contribution in [2.45, 2.75) is 24.9 Å². The number of ether oxygens (including phenoxy) is 1. The molecule has 3 rings (SSSR count). The average Bonchev–Trinajstić information content (AvgIpc) is 2.76. The van der Waals surface area contributed by atoms with E-state index in [1.54, 1.807) is 0 Å². The van der Waals surface area contributed by atoms with Gasteiger partial charge in [0.25, 0.3) is 5.56 Å². The van der Waals surface area contributed by atoms with Crippen LogP contribution in [0.2, 0.25) is 0 Å². The third-order valence-electron chi connectivity index (χ3n) is 2.98. The molecule has 0 aromatic carbocycles. The second-order valence-electron chi connectivity index (χ2n) is 4.17. The third-order valence-corrected chi connectivity index (χ3v) is 3.78. The third kappa shape index (κ3) is 2.25. The minimum atomic E-state index is -2.18. The number of aromatic nitrogens is 2. The van der Waals surface area contributed by atoms with Gasteiger partial charge >= 0.3 is 13.9 Å². The first-order chi connectivity index (χ1) is 9.04. The maximum Gasteiger partial charge on any atom is 0.697 e. The van der Waals surface area contributed by atoms with Crippen molar-refractivity contribution in [1.82, 2.24) is 9.55 Å². The fourth-order valence-electron chi connectivity index (χ4n) is 2.08. The zero-order valence-electron chi connectivity index (χ0n) is 9.45. The van der Waals surface area contributed by atoms with Crippen molar-refractivity contribution in [2.24, 2.45) is 0 Å². The molecule has 0 radical (unpaired) electrons. The highest BCUT2D eigenvalue weighted by Gasteiger charge is 2.48. The molecule has 4 atom stereocenters. The van der Waals surface area contributed by atoms with Gasteiger partial charge in [-0.2, -0.15) is 4.39 Å². The molecule has 0 aliphatic carbocycles. The number of hydrogen-bond acceptors (Lipinski definition) is 6. The Balaban J connectivity index is 1.89. The quantitative estimate of drug-likeness (QED) is 0.733. The van der Waals surface area contributed by atoms with Crippen LogP contribution >= 0.6 is 8.25 Å². The van der Waals surface area contributed by atoms with Crippen LogP contribution in [0.1, 0.15) is 12.6 Å². The van der Waals surface area contributed by atoms with E-state index in [0.29, 0.717) is 0 Å². The van der Waals surface area contributed by atoms with Gasteiger partial charge in [-0.1, -0.05) is 0 Å². The number of aromatic amines is 1. The van der Waals surface area contributed by atoms with E-state index in [-0.39, 0.29) is 13.0 Å². The SMILES string of the molecule is O=c1[nH]c(=O)n([C@H]2C[C@@H]3O[P+](=O)OC[C@H]3O2)cc1F. The predicted molar refractivity (Wildman–Crippen MR) is 58.2 cm³/mol. The smallest absolute Gasteiger partial charge is 0.349 e. The van der Waals surface area contributed by atoms with Gasteiger partial charge < -0.3 is 4.74 Å². The lowest BCUT2D eigenvalue weighted by Crippen LogP contribution is -2.34. The zero-order chi connectivity index (χ0) is 13.6. The molecule has 0 amide bonds. The molecular formula is C9H9FN2O6P+. The van der Waals surface area contributed by atoms with Crippen LogP contribution in [0.4, 0.5) is 4.39 Å². The van der Waals surface area contributed by atoms with Gasteiger partial charge in [0.15, 0.2) is 0 Å². The van der Waals surface area contributed by atoms with Crippen molar-refractivity contribution in [2.75, 3.05) is 6.61 Å². The van der Waals surface area contributed by atoms with E-state index in [9.17, 15) is 18.5 Å². The normalized spacial score (nSPS) is 32.3. The summed E-state index contributed by atoms with van der Waals surface area (Å²) >= 11 is 0. The van der Waals surface area contributed by atoms with Crippen LogP contribution in [0.15, 0.2) is 15.8 Å². The Kier molecular flexibility index (Phi) is 3.06. The maximum atomic E-state index is 13.2. The number of nitrogens with zero attached hydrogens (tertiary/aromatic N) is 1. The van der Waals surface area contributed by atoms with Gasteiger partial charge in [0.05, 0.1) is 6.20 Å². The summed E-state index contributed by atoms with van der Waals surface area (Å²) in [5, 5.41) is 0. The number of halogens is 1. The molecule has 2 fully saturated rings. The molecule has 8 nitrogen and oxygen atoms in total. The Hall–Kier alpha value is -1.41. The molecule has 1 aromatic rings. The molecule has 0 bridgehead atoms. The molecule has 2 aliphatic heterocycles. The van der Waals surface area contributed by atoms with E-state index < -0.39 is 43.8 Å². The summed E-state index contributed by atoms with van der Waals surface area (Å²) in [6, 6.07) is 0. The summed E-state index contributed by atoms with van der Waals surface area (Å²) in [7, 11) is -2.18. The predicted octanol–water partition coefficient (Wildman–Crippen LogP) is 0.0360. The lowest BCUT2D eigenvalue weighted by molar-refractivity contribution is -0.0548. The first kappa shape index (κ1) is 12.6. The van der Waals surface area contributed by atoms with Crippen molar-refractivity contribution in [1.29, 1.82) is 0 Å². The number of fused-ring (bicyclic) bond motifs is 1. The summed E-state index contributed by atoms with van der Waals surface area (Å²) in [6.45, 7) is 0.0803. The molecule has 1 unspecified atom stereocenters. The van der Waals surface area contributed by atoms with Crippen LogP contribution in [0, 0.1) is 5.82 Å². The van der Waals surface area contributed by atoms with Crippen molar-refractivity contribution in [3.8, 4) is 0 Å². The van der Waals surface area contributed by atoms with Crippen LogP contribution in [0.3, 0.4) is 0 Å². The molecule has 1 N–H and O–H groups in total. The van der Waals surface area contributed by atoms with E-state index >= 15 is 0 Å². The molecule has 19 heavy (non-hydrogen) atoms. The lowest BCUT2D eigenvalue weighted by atomic mass is 10.2. The second-order valence-corrected chi connectivity index (χ2v) is 5.09. The minimum absolute atomic E-state index is 0.0803. The Morgan fingerprint density at radius 2 is 2.21 bits per heavy atom. The lowest BCUT2D eigenvalue weighted by Gasteiger charge is -2.15. The molecule has 2 saturated heterocycles. The number of H-pyrrole nitrogens is 1. The highest BCUT2D eigenvalue weighted by molar-refractivity contribution is 7.33. The fraction of sp³-hybridized carbons (Fsp3) is 0.556. The second kappa shape index (κ2) is 4.61. The fourth-order valence-corrected chi connectivity index (χ4v) is 2.85. The van der Waals surface area contributed by atoms with Crippen LogP contribution in [-0.2, 0) is 18.3 Å². The van der Waals surface area contributed by atoms with E-state index in [4.69, 9.17) is 13.8 Å². The van der Waals surface area contributed by atoms with E-state index in [0.717, 1.165) is 10.8 Å². The average molecular weight is 291 g/mol. The summed E-state index contributed by atoms with van der Waals surface area (Å²) in [5.74, 6) is -1.08. The van der Waals surface area contributed by atoms with Gasteiger partial charge in [-0.15, -0.1) is 9.05 Å². The van der Waals surface area contributed by atoms with Crippen molar-refractivity contribution < 1.29 is 22.7 Å². The van der Waals surface area contributed by atoms with Crippen molar-refractivity contribution >= 4 is 8.25 Å². The summed E-state index contributed by atoms with van der Waals surface area (Å²) in [4.78, 5) is 24.4. The monoisotopic (exact) mass is 291 g/mol. The first-order valence-corrected chi connectivity index (χ1v) is 6.57. The molecular weight excluding hydrogens is 282 g/mol. The molecule has 102 valence electrons.